The molecule has 1 aromatic heterocycles. The van der Waals surface area contributed by atoms with Crippen molar-refractivity contribution in [3.63, 3.8) is 0 Å². The highest BCUT2D eigenvalue weighted by atomic mass is 35.5. The van der Waals surface area contributed by atoms with Crippen molar-refractivity contribution in [2.75, 3.05) is 5.73 Å². The fraction of sp³-hybridized carbons (Fsp3) is 0. The van der Waals surface area contributed by atoms with Crippen LogP contribution in [0.2, 0.25) is 5.02 Å². The Morgan fingerprint density at radius 3 is 2.38 bits per heavy atom. The molecule has 0 spiro atoms. The van der Waals surface area contributed by atoms with Gasteiger partial charge in [-0.3, -0.25) is 0 Å². The Balaban J connectivity index is 2.51. The standard InChI is InChI=1S/C8H6ClN3O2S2/c9-5-1-3-6(4-2-5)16(13,14)8-11-7(10)15-12-8/h1-4H,(H2,10,11,12). The zero-order valence-corrected chi connectivity index (χ0v) is 10.2. The van der Waals surface area contributed by atoms with Crippen LogP contribution in [0, 0.1) is 0 Å². The molecule has 5 nitrogen and oxygen atoms in total. The van der Waals surface area contributed by atoms with Crippen LogP contribution in [-0.4, -0.2) is 17.8 Å². The number of nitrogens with zero attached hydrogens (tertiary/aromatic N) is 2. The monoisotopic (exact) mass is 275 g/mol. The maximum absolute atomic E-state index is 11.9. The number of halogens is 1. The fourth-order valence-corrected chi connectivity index (χ4v) is 3.00. The number of nitrogen functional groups attached to an aromatic ring is 1. The summed E-state index contributed by atoms with van der Waals surface area (Å²) in [6, 6.07) is 5.78. The number of hydrogen-bond donors (Lipinski definition) is 1. The molecule has 2 rings (SSSR count). The minimum absolute atomic E-state index is 0.0923. The van der Waals surface area contributed by atoms with E-state index in [1.807, 2.05) is 0 Å². The molecule has 0 aliphatic rings. The van der Waals surface area contributed by atoms with E-state index in [9.17, 15) is 8.42 Å². The first-order valence-electron chi connectivity index (χ1n) is 4.10. The number of benzene rings is 1. The fourth-order valence-electron chi connectivity index (χ4n) is 1.05. The quantitative estimate of drug-likeness (QED) is 0.900. The van der Waals surface area contributed by atoms with Crippen LogP contribution in [0.3, 0.4) is 0 Å². The number of sulfone groups is 1. The predicted molar refractivity (Wildman–Crippen MR) is 61.2 cm³/mol. The molecule has 0 saturated carbocycles. The lowest BCUT2D eigenvalue weighted by Crippen LogP contribution is -2.04. The highest BCUT2D eigenvalue weighted by Crippen LogP contribution is 2.21. The van der Waals surface area contributed by atoms with Gasteiger partial charge in [0.25, 0.3) is 5.16 Å². The van der Waals surface area contributed by atoms with Crippen molar-refractivity contribution >= 4 is 38.1 Å². The van der Waals surface area contributed by atoms with Crippen LogP contribution in [0.5, 0.6) is 0 Å². The summed E-state index contributed by atoms with van der Waals surface area (Å²) in [5, 5.41) is 0.301. The number of nitrogens with two attached hydrogens (primary N) is 1. The van der Waals surface area contributed by atoms with Crippen molar-refractivity contribution in [2.24, 2.45) is 0 Å². The molecule has 0 aliphatic heterocycles. The van der Waals surface area contributed by atoms with Gasteiger partial charge in [0.15, 0.2) is 0 Å². The van der Waals surface area contributed by atoms with Crippen molar-refractivity contribution in [3.05, 3.63) is 29.3 Å². The molecule has 1 heterocycles. The number of anilines is 1. The maximum Gasteiger partial charge on any atom is 0.265 e. The van der Waals surface area contributed by atoms with Gasteiger partial charge in [-0.2, -0.15) is 9.36 Å². The molecule has 0 radical (unpaired) electrons. The largest absolute Gasteiger partial charge is 0.374 e. The zero-order chi connectivity index (χ0) is 11.8. The summed E-state index contributed by atoms with van der Waals surface area (Å²) in [5.74, 6) is 0. The van der Waals surface area contributed by atoms with E-state index in [4.69, 9.17) is 17.3 Å². The first-order chi connectivity index (χ1) is 7.50. The third kappa shape index (κ3) is 2.01. The normalized spacial score (nSPS) is 11.6. The predicted octanol–water partition coefficient (Wildman–Crippen LogP) is 1.61. The molecule has 0 unspecified atom stereocenters. The molecule has 0 amide bonds. The Bertz CT molecular complexity index is 606. The van der Waals surface area contributed by atoms with Crippen LogP contribution in [0.25, 0.3) is 0 Å². The molecule has 0 atom stereocenters. The second kappa shape index (κ2) is 4.00. The topological polar surface area (TPSA) is 85.9 Å². The lowest BCUT2D eigenvalue weighted by atomic mass is 10.4. The van der Waals surface area contributed by atoms with E-state index in [0.717, 1.165) is 11.5 Å². The van der Waals surface area contributed by atoms with Gasteiger partial charge in [0.1, 0.15) is 0 Å². The molecular formula is C8H6ClN3O2S2. The summed E-state index contributed by atoms with van der Waals surface area (Å²) in [5.41, 5.74) is 5.34. The van der Waals surface area contributed by atoms with Crippen molar-refractivity contribution in [1.29, 1.82) is 0 Å². The van der Waals surface area contributed by atoms with Crippen molar-refractivity contribution < 1.29 is 8.42 Å². The van der Waals surface area contributed by atoms with Crippen LogP contribution >= 0.6 is 23.1 Å². The van der Waals surface area contributed by atoms with Crippen molar-refractivity contribution in [1.82, 2.24) is 9.36 Å². The molecule has 8 heteroatoms. The summed E-state index contributed by atoms with van der Waals surface area (Å²) in [4.78, 5) is 3.74. The van der Waals surface area contributed by atoms with Crippen LogP contribution in [0.15, 0.2) is 34.3 Å². The van der Waals surface area contributed by atoms with E-state index >= 15 is 0 Å². The molecule has 0 bridgehead atoms. The van der Waals surface area contributed by atoms with Crippen LogP contribution in [0.4, 0.5) is 5.13 Å². The minimum atomic E-state index is -3.69. The Morgan fingerprint density at radius 1 is 1.25 bits per heavy atom. The zero-order valence-electron chi connectivity index (χ0n) is 7.79. The Labute approximate surface area is 101 Å². The first-order valence-corrected chi connectivity index (χ1v) is 6.73. The first kappa shape index (κ1) is 11.3. The average Bonchev–Trinajstić information content (AvgIpc) is 2.66. The minimum Gasteiger partial charge on any atom is -0.374 e. The van der Waals surface area contributed by atoms with Gasteiger partial charge in [-0.15, -0.1) is 0 Å². The second-order valence-corrected chi connectivity index (χ2v) is 5.94. The van der Waals surface area contributed by atoms with E-state index in [1.54, 1.807) is 0 Å². The summed E-state index contributed by atoms with van der Waals surface area (Å²) in [6.07, 6.45) is 0. The molecule has 0 aliphatic carbocycles. The van der Waals surface area contributed by atoms with Gasteiger partial charge in [0.05, 0.1) is 4.90 Å². The summed E-state index contributed by atoms with van der Waals surface area (Å²) < 4.78 is 27.6. The number of aromatic nitrogens is 2. The van der Waals surface area contributed by atoms with E-state index in [2.05, 4.69) is 9.36 Å². The SMILES string of the molecule is Nc1nc(S(=O)(=O)c2ccc(Cl)cc2)ns1. The molecule has 2 N–H and O–H groups in total. The number of rotatable bonds is 2. The van der Waals surface area contributed by atoms with E-state index in [0.29, 0.717) is 5.02 Å². The molecule has 1 aromatic carbocycles. The Morgan fingerprint density at radius 2 is 1.88 bits per heavy atom. The molecule has 16 heavy (non-hydrogen) atoms. The third-order valence-electron chi connectivity index (χ3n) is 1.79. The summed E-state index contributed by atoms with van der Waals surface area (Å²) in [7, 11) is -3.69. The lowest BCUT2D eigenvalue weighted by molar-refractivity contribution is 0.589. The van der Waals surface area contributed by atoms with Crippen LogP contribution in [-0.2, 0) is 9.84 Å². The van der Waals surface area contributed by atoms with Gasteiger partial charge in [-0.25, -0.2) is 8.42 Å². The Kier molecular flexibility index (Phi) is 2.83. The van der Waals surface area contributed by atoms with Crippen LogP contribution < -0.4 is 5.73 Å². The van der Waals surface area contributed by atoms with E-state index in [1.165, 1.54) is 24.3 Å². The summed E-state index contributed by atoms with van der Waals surface area (Å²) >= 11 is 6.51. The van der Waals surface area contributed by atoms with Crippen LogP contribution in [0.1, 0.15) is 0 Å². The lowest BCUT2D eigenvalue weighted by Gasteiger charge is -1.99. The van der Waals surface area contributed by atoms with Crippen molar-refractivity contribution in [2.45, 2.75) is 10.1 Å². The van der Waals surface area contributed by atoms with Gasteiger partial charge < -0.3 is 5.73 Å². The molecule has 84 valence electrons. The van der Waals surface area contributed by atoms with Gasteiger partial charge in [-0.1, -0.05) is 11.6 Å². The van der Waals surface area contributed by atoms with E-state index < -0.39 is 9.84 Å². The molecule has 0 fully saturated rings. The maximum atomic E-state index is 11.9. The van der Waals surface area contributed by atoms with Crippen molar-refractivity contribution in [3.8, 4) is 0 Å². The van der Waals surface area contributed by atoms with E-state index in [-0.39, 0.29) is 15.2 Å². The molecule has 2 aromatic rings. The molecule has 0 saturated heterocycles. The van der Waals surface area contributed by atoms with Gasteiger partial charge in [0, 0.05) is 16.6 Å². The van der Waals surface area contributed by atoms with Gasteiger partial charge in [0.2, 0.25) is 15.0 Å². The average molecular weight is 276 g/mol. The summed E-state index contributed by atoms with van der Waals surface area (Å²) in [6.45, 7) is 0. The smallest absolute Gasteiger partial charge is 0.265 e. The second-order valence-electron chi connectivity index (χ2n) is 2.87. The van der Waals surface area contributed by atoms with Gasteiger partial charge in [-0.05, 0) is 24.3 Å². The Hall–Kier alpha value is -1.18. The molecular weight excluding hydrogens is 270 g/mol. The third-order valence-corrected chi connectivity index (χ3v) is 4.25. The number of hydrogen-bond acceptors (Lipinski definition) is 6. The van der Waals surface area contributed by atoms with Gasteiger partial charge >= 0.3 is 0 Å². The highest BCUT2D eigenvalue weighted by Gasteiger charge is 2.22. The highest BCUT2D eigenvalue weighted by molar-refractivity contribution is 7.91.